The van der Waals surface area contributed by atoms with E-state index < -0.39 is 41.6 Å². The number of carbonyl (C=O) groups is 4. The van der Waals surface area contributed by atoms with Crippen molar-refractivity contribution >= 4 is 23.8 Å². The fourth-order valence-electron chi connectivity index (χ4n) is 4.21. The summed E-state index contributed by atoms with van der Waals surface area (Å²) in [6, 6.07) is 12.7. The number of alkyl carbamates (subject to hydrolysis) is 1. The number of benzene rings is 2. The van der Waals surface area contributed by atoms with Crippen molar-refractivity contribution in [2.75, 3.05) is 0 Å². The van der Waals surface area contributed by atoms with E-state index in [9.17, 15) is 19.2 Å². The van der Waals surface area contributed by atoms with Crippen LogP contribution in [0.4, 0.5) is 4.79 Å². The molecule has 4 N–H and O–H groups in total. The number of ether oxygens (including phenoxy) is 1. The Hall–Kier alpha value is -3.88. The molecule has 9 heteroatoms. The summed E-state index contributed by atoms with van der Waals surface area (Å²) in [5.41, 5.74) is 7.94. The normalized spacial score (nSPS) is 12.8. The largest absolute Gasteiger partial charge is 0.444 e. The van der Waals surface area contributed by atoms with Gasteiger partial charge in [-0.1, -0.05) is 54.1 Å². The van der Waals surface area contributed by atoms with E-state index in [1.807, 2.05) is 62.4 Å². The fraction of sp³-hybridized carbons (Fsp3) is 0.467. The number of rotatable bonds is 11. The van der Waals surface area contributed by atoms with E-state index in [-0.39, 0.29) is 25.3 Å². The molecule has 2 atom stereocenters. The van der Waals surface area contributed by atoms with Gasteiger partial charge >= 0.3 is 6.09 Å². The maximum atomic E-state index is 14.1. The van der Waals surface area contributed by atoms with Crippen molar-refractivity contribution in [3.63, 3.8) is 0 Å². The van der Waals surface area contributed by atoms with E-state index in [1.54, 1.807) is 34.6 Å². The van der Waals surface area contributed by atoms with Gasteiger partial charge in [-0.3, -0.25) is 14.4 Å². The third-order valence-corrected chi connectivity index (χ3v) is 6.04. The SMILES string of the molecule is Cc1ccc(C)c(C(C(=O)NCc2ccccc2)N(C(=O)C(CCC(N)=O)NC(=O)OC(C)(C)C)C(C)C)c1. The Balaban J connectivity index is 2.51. The summed E-state index contributed by atoms with van der Waals surface area (Å²) in [6.07, 6.45) is -0.973. The molecule has 0 aliphatic heterocycles. The molecule has 0 radical (unpaired) electrons. The minimum Gasteiger partial charge on any atom is -0.444 e. The van der Waals surface area contributed by atoms with Crippen LogP contribution < -0.4 is 16.4 Å². The van der Waals surface area contributed by atoms with Crippen LogP contribution in [0.25, 0.3) is 0 Å². The number of amides is 4. The number of nitrogens with two attached hydrogens (primary N) is 1. The summed E-state index contributed by atoms with van der Waals surface area (Å²) in [6.45, 7) is 12.8. The maximum Gasteiger partial charge on any atom is 0.408 e. The lowest BCUT2D eigenvalue weighted by Crippen LogP contribution is -2.55. The van der Waals surface area contributed by atoms with Crippen LogP contribution in [-0.4, -0.2) is 46.4 Å². The molecule has 2 aromatic rings. The molecule has 4 amide bonds. The predicted octanol–water partition coefficient (Wildman–Crippen LogP) is 4.06. The Morgan fingerprint density at radius 2 is 1.64 bits per heavy atom. The zero-order chi connectivity index (χ0) is 29.3. The highest BCUT2D eigenvalue weighted by Crippen LogP contribution is 2.29. The summed E-state index contributed by atoms with van der Waals surface area (Å²) < 4.78 is 5.36. The average molecular weight is 539 g/mol. The van der Waals surface area contributed by atoms with Gasteiger partial charge in [-0.15, -0.1) is 0 Å². The second-order valence-electron chi connectivity index (χ2n) is 11.0. The number of primary amides is 1. The lowest BCUT2D eigenvalue weighted by Gasteiger charge is -2.38. The zero-order valence-electron chi connectivity index (χ0n) is 24.0. The van der Waals surface area contributed by atoms with Crippen LogP contribution in [0.3, 0.4) is 0 Å². The van der Waals surface area contributed by atoms with Crippen molar-refractivity contribution in [1.29, 1.82) is 0 Å². The minimum absolute atomic E-state index is 0.0399. The summed E-state index contributed by atoms with van der Waals surface area (Å²) in [4.78, 5) is 53.7. The van der Waals surface area contributed by atoms with Gasteiger partial charge in [0.2, 0.25) is 17.7 Å². The molecule has 2 rings (SSSR count). The number of hydrogen-bond donors (Lipinski definition) is 3. The van der Waals surface area contributed by atoms with E-state index in [0.29, 0.717) is 5.56 Å². The Morgan fingerprint density at radius 3 is 2.21 bits per heavy atom. The van der Waals surface area contributed by atoms with E-state index in [0.717, 1.165) is 16.7 Å². The second kappa shape index (κ2) is 13.8. The molecule has 0 aromatic heterocycles. The van der Waals surface area contributed by atoms with Crippen molar-refractivity contribution in [2.24, 2.45) is 5.73 Å². The number of carbonyl (C=O) groups excluding carboxylic acids is 4. The summed E-state index contributed by atoms with van der Waals surface area (Å²) in [5.74, 6) is -1.49. The van der Waals surface area contributed by atoms with Crippen LogP contribution in [0.1, 0.15) is 75.8 Å². The highest BCUT2D eigenvalue weighted by atomic mass is 16.6. The first-order valence-electron chi connectivity index (χ1n) is 13.2. The molecule has 9 nitrogen and oxygen atoms in total. The smallest absolute Gasteiger partial charge is 0.408 e. The summed E-state index contributed by atoms with van der Waals surface area (Å²) in [7, 11) is 0. The van der Waals surface area contributed by atoms with Crippen LogP contribution in [-0.2, 0) is 25.7 Å². The summed E-state index contributed by atoms with van der Waals surface area (Å²) in [5, 5.41) is 5.58. The fourth-order valence-corrected chi connectivity index (χ4v) is 4.21. The highest BCUT2D eigenvalue weighted by molar-refractivity contribution is 5.93. The van der Waals surface area contributed by atoms with E-state index >= 15 is 0 Å². The van der Waals surface area contributed by atoms with Crippen LogP contribution in [0.5, 0.6) is 0 Å². The lowest BCUT2D eigenvalue weighted by molar-refractivity contribution is -0.145. The second-order valence-corrected chi connectivity index (χ2v) is 11.0. The third kappa shape index (κ3) is 9.74. The van der Waals surface area contributed by atoms with Crippen molar-refractivity contribution < 1.29 is 23.9 Å². The van der Waals surface area contributed by atoms with Gasteiger partial charge in [-0.2, -0.15) is 0 Å². The molecule has 2 unspecified atom stereocenters. The molecule has 0 saturated heterocycles. The Bertz CT molecular complexity index is 1160. The monoisotopic (exact) mass is 538 g/mol. The predicted molar refractivity (Wildman–Crippen MR) is 151 cm³/mol. The first-order chi connectivity index (χ1) is 18.2. The molecule has 0 aliphatic rings. The van der Waals surface area contributed by atoms with Gasteiger partial charge in [-0.05, 0) is 71.6 Å². The minimum atomic E-state index is -1.13. The molecule has 39 heavy (non-hydrogen) atoms. The van der Waals surface area contributed by atoms with Gasteiger partial charge in [-0.25, -0.2) is 4.79 Å². The van der Waals surface area contributed by atoms with Crippen molar-refractivity contribution in [2.45, 2.75) is 91.6 Å². The van der Waals surface area contributed by atoms with Gasteiger partial charge in [0.25, 0.3) is 0 Å². The highest BCUT2D eigenvalue weighted by Gasteiger charge is 2.38. The van der Waals surface area contributed by atoms with Gasteiger partial charge < -0.3 is 26.0 Å². The number of nitrogens with zero attached hydrogens (tertiary/aromatic N) is 1. The number of nitrogens with one attached hydrogen (secondary N) is 2. The Kier molecular flexibility index (Phi) is 11.1. The third-order valence-electron chi connectivity index (χ3n) is 6.04. The van der Waals surface area contributed by atoms with Crippen LogP contribution in [0.15, 0.2) is 48.5 Å². The maximum absolute atomic E-state index is 14.1. The van der Waals surface area contributed by atoms with Crippen molar-refractivity contribution in [1.82, 2.24) is 15.5 Å². The van der Waals surface area contributed by atoms with E-state index in [1.165, 1.54) is 4.90 Å². The zero-order valence-corrected chi connectivity index (χ0v) is 24.0. The molecule has 2 aromatic carbocycles. The van der Waals surface area contributed by atoms with Crippen molar-refractivity contribution in [3.8, 4) is 0 Å². The molecular formula is C30H42N4O5. The Labute approximate surface area is 231 Å². The van der Waals surface area contributed by atoms with Gasteiger partial charge in [0, 0.05) is 19.0 Å². The van der Waals surface area contributed by atoms with Gasteiger partial charge in [0.1, 0.15) is 17.7 Å². The average Bonchev–Trinajstić information content (AvgIpc) is 2.84. The molecule has 0 heterocycles. The van der Waals surface area contributed by atoms with Gasteiger partial charge in [0.15, 0.2) is 0 Å². The van der Waals surface area contributed by atoms with E-state index in [2.05, 4.69) is 10.6 Å². The van der Waals surface area contributed by atoms with Crippen LogP contribution in [0, 0.1) is 13.8 Å². The lowest BCUT2D eigenvalue weighted by atomic mass is 9.94. The molecule has 0 fully saturated rings. The van der Waals surface area contributed by atoms with Crippen LogP contribution in [0.2, 0.25) is 0 Å². The topological polar surface area (TPSA) is 131 Å². The van der Waals surface area contributed by atoms with E-state index in [4.69, 9.17) is 10.5 Å². The first-order valence-corrected chi connectivity index (χ1v) is 13.2. The van der Waals surface area contributed by atoms with Crippen LogP contribution >= 0.6 is 0 Å². The summed E-state index contributed by atoms with van der Waals surface area (Å²) >= 11 is 0. The molecule has 0 saturated carbocycles. The first kappa shape index (κ1) is 31.3. The van der Waals surface area contributed by atoms with Crippen molar-refractivity contribution in [3.05, 3.63) is 70.8 Å². The molecular weight excluding hydrogens is 496 g/mol. The molecule has 0 aliphatic carbocycles. The molecule has 0 bridgehead atoms. The molecule has 0 spiro atoms. The Morgan fingerprint density at radius 1 is 1.00 bits per heavy atom. The van der Waals surface area contributed by atoms with Gasteiger partial charge in [0.05, 0.1) is 0 Å². The number of aryl methyl sites for hydroxylation is 2. The quantitative estimate of drug-likeness (QED) is 0.397. The number of hydrogen-bond acceptors (Lipinski definition) is 5. The standard InChI is InChI=1S/C30H42N4O5/c1-19(2)34(28(37)24(15-16-25(31)35)33-29(38)39-30(5,6)7)26(23-17-20(3)13-14-21(23)4)27(36)32-18-22-11-9-8-10-12-22/h8-14,17,19,24,26H,15-16,18H2,1-7H3,(H2,31,35)(H,32,36)(H,33,38). The molecule has 212 valence electrons.